The fourth-order valence-electron chi connectivity index (χ4n) is 2.68. The summed E-state index contributed by atoms with van der Waals surface area (Å²) in [5.74, 6) is 0.0350. The number of fused-ring (bicyclic) bond motifs is 1. The first-order valence-electron chi connectivity index (χ1n) is 6.77. The summed E-state index contributed by atoms with van der Waals surface area (Å²) in [6.45, 7) is 0. The van der Waals surface area contributed by atoms with Crippen molar-refractivity contribution < 1.29 is 4.79 Å². The molecule has 102 valence electrons. The number of hydrogen-bond acceptors (Lipinski definition) is 1. The fourth-order valence-corrected chi connectivity index (χ4v) is 3.11. The van der Waals surface area contributed by atoms with Gasteiger partial charge in [0.1, 0.15) is 0 Å². The Hall–Kier alpha value is -1.12. The van der Waals surface area contributed by atoms with E-state index in [0.29, 0.717) is 10.6 Å². The third-order valence-electron chi connectivity index (χ3n) is 3.79. The summed E-state index contributed by atoms with van der Waals surface area (Å²) in [5.41, 5.74) is 4.10. The molecule has 0 heterocycles. The summed E-state index contributed by atoms with van der Waals surface area (Å²) in [6.07, 6.45) is 4.68. The minimum Gasteiger partial charge on any atom is -0.289 e. The Kier molecular flexibility index (Phi) is 3.95. The van der Waals surface area contributed by atoms with E-state index < -0.39 is 0 Å². The zero-order valence-electron chi connectivity index (χ0n) is 11.0. The molecule has 0 bridgehead atoms. The molecule has 2 aromatic rings. The first kappa shape index (κ1) is 13.8. The number of hydrogen-bond donors (Lipinski definition) is 0. The lowest BCUT2D eigenvalue weighted by Gasteiger charge is -2.16. The second kappa shape index (κ2) is 5.71. The highest BCUT2D eigenvalue weighted by atomic mass is 79.9. The largest absolute Gasteiger partial charge is 0.289 e. The highest BCUT2D eigenvalue weighted by molar-refractivity contribution is 9.10. The average Bonchev–Trinajstić information content (AvgIpc) is 2.49. The van der Waals surface area contributed by atoms with Gasteiger partial charge in [0.15, 0.2) is 5.78 Å². The normalized spacial score (nSPS) is 13.9. The van der Waals surface area contributed by atoms with E-state index in [4.69, 9.17) is 11.6 Å². The van der Waals surface area contributed by atoms with Gasteiger partial charge in [0.2, 0.25) is 0 Å². The molecule has 0 N–H and O–H groups in total. The van der Waals surface area contributed by atoms with Crippen molar-refractivity contribution in [1.29, 1.82) is 0 Å². The predicted molar refractivity (Wildman–Crippen MR) is 85.7 cm³/mol. The average molecular weight is 350 g/mol. The Morgan fingerprint density at radius 3 is 2.35 bits per heavy atom. The van der Waals surface area contributed by atoms with Gasteiger partial charge in [-0.25, -0.2) is 0 Å². The van der Waals surface area contributed by atoms with Crippen molar-refractivity contribution in [3.63, 3.8) is 0 Å². The zero-order chi connectivity index (χ0) is 14.1. The monoisotopic (exact) mass is 348 g/mol. The zero-order valence-corrected chi connectivity index (χ0v) is 13.3. The third-order valence-corrected chi connectivity index (χ3v) is 5.02. The van der Waals surface area contributed by atoms with Crippen molar-refractivity contribution >= 4 is 33.3 Å². The van der Waals surface area contributed by atoms with Crippen LogP contribution in [0.3, 0.4) is 0 Å². The number of aryl methyl sites for hydroxylation is 2. The topological polar surface area (TPSA) is 17.1 Å². The molecule has 1 aliphatic carbocycles. The summed E-state index contributed by atoms with van der Waals surface area (Å²) >= 11 is 9.40. The molecule has 3 rings (SSSR count). The van der Waals surface area contributed by atoms with Gasteiger partial charge in [-0.15, -0.1) is 0 Å². The lowest BCUT2D eigenvalue weighted by Crippen LogP contribution is -2.07. The Bertz CT molecular complexity index is 679. The van der Waals surface area contributed by atoms with Crippen LogP contribution in [0.2, 0.25) is 5.02 Å². The van der Waals surface area contributed by atoms with E-state index >= 15 is 0 Å². The van der Waals surface area contributed by atoms with Crippen molar-refractivity contribution in [3.05, 3.63) is 68.1 Å². The number of rotatable bonds is 2. The predicted octanol–water partition coefficient (Wildman–Crippen LogP) is 5.21. The molecule has 20 heavy (non-hydrogen) atoms. The van der Waals surface area contributed by atoms with E-state index in [1.807, 2.05) is 18.2 Å². The van der Waals surface area contributed by atoms with Gasteiger partial charge in [-0.3, -0.25) is 4.79 Å². The molecular weight excluding hydrogens is 336 g/mol. The first-order chi connectivity index (χ1) is 9.65. The molecule has 0 amide bonds. The van der Waals surface area contributed by atoms with Crippen LogP contribution in [0.4, 0.5) is 0 Å². The quantitative estimate of drug-likeness (QED) is 0.680. The van der Waals surface area contributed by atoms with Crippen LogP contribution in [-0.4, -0.2) is 5.78 Å². The molecule has 1 aliphatic rings. The molecule has 0 aliphatic heterocycles. The van der Waals surface area contributed by atoms with E-state index in [2.05, 4.69) is 22.0 Å². The molecule has 2 aromatic carbocycles. The van der Waals surface area contributed by atoms with E-state index in [-0.39, 0.29) is 5.78 Å². The van der Waals surface area contributed by atoms with Crippen LogP contribution >= 0.6 is 27.5 Å². The smallest absolute Gasteiger partial charge is 0.193 e. The SMILES string of the molecule is O=C(c1ccc(Br)c(Cl)c1)c1ccc2c(c1)CCCC2. The van der Waals surface area contributed by atoms with Gasteiger partial charge in [-0.05, 0) is 77.0 Å². The van der Waals surface area contributed by atoms with E-state index in [9.17, 15) is 4.79 Å². The molecule has 0 radical (unpaired) electrons. The van der Waals surface area contributed by atoms with Crippen molar-refractivity contribution in [1.82, 2.24) is 0 Å². The van der Waals surface area contributed by atoms with Gasteiger partial charge in [0.25, 0.3) is 0 Å². The number of ketones is 1. The van der Waals surface area contributed by atoms with Gasteiger partial charge in [-0.2, -0.15) is 0 Å². The summed E-state index contributed by atoms with van der Waals surface area (Å²) in [4.78, 5) is 12.5. The molecule has 0 atom stereocenters. The molecule has 0 fully saturated rings. The molecule has 0 spiro atoms. The Labute approximate surface area is 132 Å². The van der Waals surface area contributed by atoms with Gasteiger partial charge < -0.3 is 0 Å². The maximum Gasteiger partial charge on any atom is 0.193 e. The van der Waals surface area contributed by atoms with E-state index in [0.717, 1.165) is 22.9 Å². The number of benzene rings is 2. The summed E-state index contributed by atoms with van der Waals surface area (Å²) in [6, 6.07) is 11.4. The van der Waals surface area contributed by atoms with Crippen molar-refractivity contribution in [2.24, 2.45) is 0 Å². The number of carbonyl (C=O) groups is 1. The Balaban J connectivity index is 1.95. The number of halogens is 2. The van der Waals surface area contributed by atoms with Crippen molar-refractivity contribution in [3.8, 4) is 0 Å². The molecule has 1 nitrogen and oxygen atoms in total. The second-order valence-electron chi connectivity index (χ2n) is 5.15. The fraction of sp³-hybridized carbons (Fsp3) is 0.235. The minimum atomic E-state index is 0.0350. The van der Waals surface area contributed by atoms with Crippen LogP contribution in [0.5, 0.6) is 0 Å². The van der Waals surface area contributed by atoms with Crippen LogP contribution in [0, 0.1) is 0 Å². The second-order valence-corrected chi connectivity index (χ2v) is 6.41. The Morgan fingerprint density at radius 2 is 1.60 bits per heavy atom. The molecule has 3 heteroatoms. The van der Waals surface area contributed by atoms with Crippen molar-refractivity contribution in [2.45, 2.75) is 25.7 Å². The molecule has 0 aromatic heterocycles. The van der Waals surface area contributed by atoms with Crippen molar-refractivity contribution in [2.75, 3.05) is 0 Å². The molecule has 0 saturated heterocycles. The van der Waals surface area contributed by atoms with E-state index in [1.54, 1.807) is 12.1 Å². The van der Waals surface area contributed by atoms with Gasteiger partial charge in [-0.1, -0.05) is 23.7 Å². The Morgan fingerprint density at radius 1 is 0.950 bits per heavy atom. The van der Waals surface area contributed by atoms with Gasteiger partial charge in [0, 0.05) is 15.6 Å². The summed E-state index contributed by atoms with van der Waals surface area (Å²) in [5, 5.41) is 0.564. The third kappa shape index (κ3) is 2.68. The lowest BCUT2D eigenvalue weighted by atomic mass is 9.89. The number of carbonyl (C=O) groups excluding carboxylic acids is 1. The van der Waals surface area contributed by atoms with Crippen LogP contribution < -0.4 is 0 Å². The molecular formula is C17H14BrClO. The summed E-state index contributed by atoms with van der Waals surface area (Å²) in [7, 11) is 0. The van der Waals surface area contributed by atoms with Crippen LogP contribution in [0.1, 0.15) is 39.9 Å². The minimum absolute atomic E-state index is 0.0350. The maximum atomic E-state index is 12.5. The maximum absolute atomic E-state index is 12.5. The highest BCUT2D eigenvalue weighted by Crippen LogP contribution is 2.26. The van der Waals surface area contributed by atoms with E-state index in [1.165, 1.54) is 24.0 Å². The van der Waals surface area contributed by atoms with Crippen LogP contribution in [-0.2, 0) is 12.8 Å². The first-order valence-corrected chi connectivity index (χ1v) is 7.94. The highest BCUT2D eigenvalue weighted by Gasteiger charge is 2.15. The van der Waals surface area contributed by atoms with Gasteiger partial charge in [0.05, 0.1) is 5.02 Å². The molecule has 0 saturated carbocycles. The molecule has 0 unspecified atom stereocenters. The van der Waals surface area contributed by atoms with Crippen LogP contribution in [0.15, 0.2) is 40.9 Å². The standard InChI is InChI=1S/C17H14BrClO/c18-15-8-7-14(10-16(15)19)17(20)13-6-5-11-3-1-2-4-12(11)9-13/h5-10H,1-4H2. The summed E-state index contributed by atoms with van der Waals surface area (Å²) < 4.78 is 0.807. The van der Waals surface area contributed by atoms with Crippen LogP contribution in [0.25, 0.3) is 0 Å². The lowest BCUT2D eigenvalue weighted by molar-refractivity contribution is 0.103. The van der Waals surface area contributed by atoms with Gasteiger partial charge >= 0.3 is 0 Å².